The number of carbonyl (C=O) groups excluding carboxylic acids is 1. The topological polar surface area (TPSA) is 84.1 Å². The molecule has 6 nitrogen and oxygen atoms in total. The van der Waals surface area contributed by atoms with Crippen LogP contribution in [0.25, 0.3) is 0 Å². The zero-order valence-corrected chi connectivity index (χ0v) is 11.5. The van der Waals surface area contributed by atoms with Crippen molar-refractivity contribution in [3.63, 3.8) is 0 Å². The van der Waals surface area contributed by atoms with Crippen molar-refractivity contribution in [2.24, 2.45) is 5.73 Å². The minimum absolute atomic E-state index is 0.0883. The molecule has 2 heterocycles. The molecule has 1 aliphatic heterocycles. The first-order chi connectivity index (χ1) is 9.02. The third-order valence-electron chi connectivity index (χ3n) is 3.51. The maximum Gasteiger partial charge on any atom is 0.207 e. The van der Waals surface area contributed by atoms with Gasteiger partial charge in [0.15, 0.2) is 5.82 Å². The van der Waals surface area contributed by atoms with Crippen LogP contribution in [0.4, 0.5) is 5.82 Å². The van der Waals surface area contributed by atoms with Crippen molar-refractivity contribution >= 4 is 12.2 Å². The summed E-state index contributed by atoms with van der Waals surface area (Å²) in [6.45, 7) is 6.16. The Morgan fingerprint density at radius 1 is 1.53 bits per heavy atom. The highest BCUT2D eigenvalue weighted by atomic mass is 16.1. The van der Waals surface area contributed by atoms with E-state index in [4.69, 9.17) is 5.73 Å². The minimum Gasteiger partial charge on any atom is -0.355 e. The molecule has 0 aliphatic carbocycles. The molecule has 1 aromatic rings. The van der Waals surface area contributed by atoms with E-state index in [1.54, 1.807) is 6.20 Å². The van der Waals surface area contributed by atoms with Gasteiger partial charge in [-0.05, 0) is 26.7 Å². The molecule has 0 aromatic carbocycles. The van der Waals surface area contributed by atoms with Crippen molar-refractivity contribution in [3.05, 3.63) is 17.6 Å². The van der Waals surface area contributed by atoms with Crippen molar-refractivity contribution in [2.45, 2.75) is 38.8 Å². The lowest BCUT2D eigenvalue weighted by molar-refractivity contribution is -0.109. The second kappa shape index (κ2) is 5.52. The Balaban J connectivity index is 2.18. The van der Waals surface area contributed by atoms with Crippen molar-refractivity contribution in [3.8, 4) is 0 Å². The van der Waals surface area contributed by atoms with Gasteiger partial charge in [-0.1, -0.05) is 0 Å². The fraction of sp³-hybridized carbons (Fsp3) is 0.615. The van der Waals surface area contributed by atoms with Crippen LogP contribution in [0.2, 0.25) is 0 Å². The number of amides is 1. The number of rotatable bonds is 4. The van der Waals surface area contributed by atoms with Crippen LogP contribution in [-0.2, 0) is 11.3 Å². The molecular weight excluding hydrogens is 242 g/mol. The molecule has 3 N–H and O–H groups in total. The number of hydrogen-bond acceptors (Lipinski definition) is 5. The second-order valence-corrected chi connectivity index (χ2v) is 5.42. The zero-order valence-electron chi connectivity index (χ0n) is 11.5. The Bertz CT molecular complexity index is 450. The molecule has 1 aromatic heterocycles. The van der Waals surface area contributed by atoms with Gasteiger partial charge in [0.2, 0.25) is 6.41 Å². The van der Waals surface area contributed by atoms with E-state index in [2.05, 4.69) is 27.1 Å². The Hall–Kier alpha value is -1.69. The largest absolute Gasteiger partial charge is 0.355 e. The van der Waals surface area contributed by atoms with Gasteiger partial charge in [0.05, 0.1) is 12.2 Å². The molecule has 6 heteroatoms. The molecule has 0 unspecified atom stereocenters. The number of nitrogens with two attached hydrogens (primary N) is 1. The Morgan fingerprint density at radius 2 is 2.21 bits per heavy atom. The number of aryl methyl sites for hydroxylation is 1. The van der Waals surface area contributed by atoms with Crippen molar-refractivity contribution in [1.82, 2.24) is 15.3 Å². The molecule has 104 valence electrons. The van der Waals surface area contributed by atoms with Crippen LogP contribution in [0.15, 0.2) is 6.20 Å². The van der Waals surface area contributed by atoms with E-state index in [1.165, 1.54) is 0 Å². The highest BCUT2D eigenvalue weighted by Crippen LogP contribution is 2.24. The van der Waals surface area contributed by atoms with E-state index in [-0.39, 0.29) is 5.54 Å². The summed E-state index contributed by atoms with van der Waals surface area (Å²) in [7, 11) is 0. The van der Waals surface area contributed by atoms with Crippen molar-refractivity contribution < 1.29 is 4.79 Å². The molecule has 1 aliphatic rings. The summed E-state index contributed by atoms with van der Waals surface area (Å²) in [4.78, 5) is 21.6. The minimum atomic E-state index is -0.0883. The van der Waals surface area contributed by atoms with Gasteiger partial charge in [-0.15, -0.1) is 0 Å². The molecule has 19 heavy (non-hydrogen) atoms. The molecule has 0 bridgehead atoms. The molecule has 0 spiro atoms. The number of nitrogens with one attached hydrogen (secondary N) is 1. The van der Waals surface area contributed by atoms with Crippen LogP contribution in [-0.4, -0.2) is 35.0 Å². The first-order valence-electron chi connectivity index (χ1n) is 6.55. The molecule has 0 atom stereocenters. The maximum absolute atomic E-state index is 10.4. The van der Waals surface area contributed by atoms with Gasteiger partial charge < -0.3 is 16.0 Å². The summed E-state index contributed by atoms with van der Waals surface area (Å²) >= 11 is 0. The third kappa shape index (κ3) is 3.41. The standard InChI is InChI=1S/C13H21N5O/c1-10-7-16-11(8-15-9-19)12(17-10)18-5-3-13(2,14)4-6-18/h7,9H,3-6,8,14H2,1-2H3,(H,15,19). The fourth-order valence-electron chi connectivity index (χ4n) is 2.24. The summed E-state index contributed by atoms with van der Waals surface area (Å²) < 4.78 is 0. The summed E-state index contributed by atoms with van der Waals surface area (Å²) in [6, 6.07) is 0. The van der Waals surface area contributed by atoms with Crippen molar-refractivity contribution in [2.75, 3.05) is 18.0 Å². The first-order valence-corrected chi connectivity index (χ1v) is 6.55. The highest BCUT2D eigenvalue weighted by molar-refractivity contribution is 5.49. The van der Waals surface area contributed by atoms with E-state index < -0.39 is 0 Å². The molecule has 0 radical (unpaired) electrons. The van der Waals surface area contributed by atoms with Gasteiger partial charge in [-0.3, -0.25) is 9.78 Å². The van der Waals surface area contributed by atoms with E-state index in [9.17, 15) is 4.79 Å². The maximum atomic E-state index is 10.4. The molecule has 1 amide bonds. The summed E-state index contributed by atoms with van der Waals surface area (Å²) in [5, 5.41) is 2.65. The predicted octanol–water partition coefficient (Wildman–Crippen LogP) is 0.349. The molecule has 2 rings (SSSR count). The van der Waals surface area contributed by atoms with Crippen LogP contribution < -0.4 is 16.0 Å². The van der Waals surface area contributed by atoms with Gasteiger partial charge in [0, 0.05) is 24.8 Å². The van der Waals surface area contributed by atoms with E-state index in [0.29, 0.717) is 13.0 Å². The summed E-state index contributed by atoms with van der Waals surface area (Å²) in [5.74, 6) is 0.866. The Labute approximate surface area is 113 Å². The molecule has 1 fully saturated rings. The van der Waals surface area contributed by atoms with Crippen LogP contribution >= 0.6 is 0 Å². The first kappa shape index (κ1) is 13.7. The number of nitrogens with zero attached hydrogens (tertiary/aromatic N) is 3. The molecular formula is C13H21N5O. The lowest BCUT2D eigenvalue weighted by Gasteiger charge is -2.37. The quantitative estimate of drug-likeness (QED) is 0.766. The number of piperidine rings is 1. The second-order valence-electron chi connectivity index (χ2n) is 5.42. The van der Waals surface area contributed by atoms with Crippen molar-refractivity contribution in [1.29, 1.82) is 0 Å². The monoisotopic (exact) mass is 263 g/mol. The Kier molecular flexibility index (Phi) is 3.99. The van der Waals surface area contributed by atoms with E-state index in [0.717, 1.165) is 43.1 Å². The van der Waals surface area contributed by atoms with E-state index in [1.807, 2.05) is 6.92 Å². The average molecular weight is 263 g/mol. The normalized spacial score (nSPS) is 18.2. The smallest absolute Gasteiger partial charge is 0.207 e. The van der Waals surface area contributed by atoms with Crippen LogP contribution in [0.1, 0.15) is 31.2 Å². The SMILES string of the molecule is Cc1cnc(CNC=O)c(N2CCC(C)(N)CC2)n1. The zero-order chi connectivity index (χ0) is 13.9. The highest BCUT2D eigenvalue weighted by Gasteiger charge is 2.27. The number of anilines is 1. The summed E-state index contributed by atoms with van der Waals surface area (Å²) in [6.07, 6.45) is 4.27. The average Bonchev–Trinajstić information content (AvgIpc) is 2.37. The van der Waals surface area contributed by atoms with Crippen LogP contribution in [0.5, 0.6) is 0 Å². The molecule has 1 saturated heterocycles. The number of aromatic nitrogens is 2. The van der Waals surface area contributed by atoms with Gasteiger partial charge in [-0.25, -0.2) is 4.98 Å². The predicted molar refractivity (Wildman–Crippen MR) is 73.7 cm³/mol. The van der Waals surface area contributed by atoms with Gasteiger partial charge >= 0.3 is 0 Å². The summed E-state index contributed by atoms with van der Waals surface area (Å²) in [5.41, 5.74) is 7.74. The lowest BCUT2D eigenvalue weighted by atomic mass is 9.91. The van der Waals surface area contributed by atoms with E-state index >= 15 is 0 Å². The number of carbonyl (C=O) groups is 1. The fourth-order valence-corrected chi connectivity index (χ4v) is 2.24. The van der Waals surface area contributed by atoms with Gasteiger partial charge in [0.25, 0.3) is 0 Å². The van der Waals surface area contributed by atoms with Gasteiger partial charge in [0.1, 0.15) is 5.69 Å². The molecule has 0 saturated carbocycles. The van der Waals surface area contributed by atoms with Crippen LogP contribution in [0.3, 0.4) is 0 Å². The van der Waals surface area contributed by atoms with Gasteiger partial charge in [-0.2, -0.15) is 0 Å². The third-order valence-corrected chi connectivity index (χ3v) is 3.51. The Morgan fingerprint density at radius 3 is 2.84 bits per heavy atom. The van der Waals surface area contributed by atoms with Crippen LogP contribution in [0, 0.1) is 6.92 Å². The number of hydrogen-bond donors (Lipinski definition) is 2. The lowest BCUT2D eigenvalue weighted by Crippen LogP contribution is -2.48.